The summed E-state index contributed by atoms with van der Waals surface area (Å²) in [5.74, 6) is -0.180. The third-order valence-corrected chi connectivity index (χ3v) is 2.46. The van der Waals surface area contributed by atoms with Crippen molar-refractivity contribution < 1.29 is 22.7 Å². The quantitative estimate of drug-likeness (QED) is 0.646. The van der Waals surface area contributed by atoms with E-state index in [-0.39, 0.29) is 18.9 Å². The number of rotatable bonds is 6. The minimum Gasteiger partial charge on any atom is -0.372 e. The molecule has 0 unspecified atom stereocenters. The van der Waals surface area contributed by atoms with Crippen LogP contribution in [-0.4, -0.2) is 25.3 Å². The summed E-state index contributed by atoms with van der Waals surface area (Å²) in [6.07, 6.45) is -4.52. The number of para-hydroxylation sites is 1. The molecule has 0 heterocycles. The molecule has 106 valence electrons. The third kappa shape index (κ3) is 6.45. The maximum Gasteiger partial charge on any atom is 0.411 e. The van der Waals surface area contributed by atoms with Gasteiger partial charge in [0.1, 0.15) is 6.61 Å². The number of amides is 1. The Labute approximate surface area is 113 Å². The van der Waals surface area contributed by atoms with E-state index in [4.69, 9.17) is 11.6 Å². The first kappa shape index (κ1) is 15.8. The van der Waals surface area contributed by atoms with Crippen molar-refractivity contribution in [2.24, 2.45) is 0 Å². The van der Waals surface area contributed by atoms with Crippen LogP contribution in [0.4, 0.5) is 18.9 Å². The van der Waals surface area contributed by atoms with Crippen molar-refractivity contribution in [3.63, 3.8) is 0 Å². The normalized spacial score (nSPS) is 11.4. The Kier molecular flexibility index (Phi) is 6.11. The molecule has 0 fully saturated rings. The molecule has 0 aliphatic heterocycles. The summed E-state index contributed by atoms with van der Waals surface area (Å²) in [6.45, 7) is -1.63. The second kappa shape index (κ2) is 7.35. The van der Waals surface area contributed by atoms with Crippen molar-refractivity contribution in [3.05, 3.63) is 29.8 Å². The molecule has 1 aromatic rings. The zero-order valence-corrected chi connectivity index (χ0v) is 10.7. The van der Waals surface area contributed by atoms with E-state index in [2.05, 4.69) is 10.1 Å². The monoisotopic (exact) mass is 295 g/mol. The fourth-order valence-electron chi connectivity index (χ4n) is 1.32. The highest BCUT2D eigenvalue weighted by molar-refractivity contribution is 6.17. The van der Waals surface area contributed by atoms with Crippen LogP contribution in [0, 0.1) is 0 Å². The molecule has 7 heteroatoms. The van der Waals surface area contributed by atoms with E-state index < -0.39 is 18.7 Å². The van der Waals surface area contributed by atoms with Crippen LogP contribution < -0.4 is 5.32 Å². The SMILES string of the molecule is O=C(CCOCC(F)(F)F)Nc1ccccc1CCl. The minimum atomic E-state index is -4.37. The van der Waals surface area contributed by atoms with Crippen molar-refractivity contribution in [1.82, 2.24) is 0 Å². The van der Waals surface area contributed by atoms with E-state index in [9.17, 15) is 18.0 Å². The average molecular weight is 296 g/mol. The number of nitrogens with one attached hydrogen (secondary N) is 1. The van der Waals surface area contributed by atoms with Gasteiger partial charge in [0.05, 0.1) is 13.0 Å². The van der Waals surface area contributed by atoms with Crippen molar-refractivity contribution in [2.45, 2.75) is 18.5 Å². The summed E-state index contributed by atoms with van der Waals surface area (Å²) in [4.78, 5) is 11.5. The minimum absolute atomic E-state index is 0.146. The van der Waals surface area contributed by atoms with Crippen molar-refractivity contribution in [3.8, 4) is 0 Å². The van der Waals surface area contributed by atoms with Gasteiger partial charge in [0.15, 0.2) is 0 Å². The number of hydrogen-bond donors (Lipinski definition) is 1. The summed E-state index contributed by atoms with van der Waals surface area (Å²) in [7, 11) is 0. The van der Waals surface area contributed by atoms with Gasteiger partial charge in [-0.25, -0.2) is 0 Å². The fourth-order valence-corrected chi connectivity index (χ4v) is 1.56. The van der Waals surface area contributed by atoms with Gasteiger partial charge < -0.3 is 10.1 Å². The largest absolute Gasteiger partial charge is 0.411 e. The Balaban J connectivity index is 2.35. The van der Waals surface area contributed by atoms with Gasteiger partial charge in [-0.1, -0.05) is 18.2 Å². The van der Waals surface area contributed by atoms with Crippen LogP contribution in [0.15, 0.2) is 24.3 Å². The van der Waals surface area contributed by atoms with Crippen LogP contribution in [0.25, 0.3) is 0 Å². The van der Waals surface area contributed by atoms with Crippen molar-refractivity contribution in [1.29, 1.82) is 0 Å². The summed E-state index contributed by atoms with van der Waals surface area (Å²) >= 11 is 5.69. The summed E-state index contributed by atoms with van der Waals surface area (Å²) in [5, 5.41) is 2.57. The number of carbonyl (C=O) groups excluding carboxylic acids is 1. The van der Waals surface area contributed by atoms with E-state index in [1.807, 2.05) is 0 Å². The number of hydrogen-bond acceptors (Lipinski definition) is 2. The molecule has 0 aliphatic rings. The average Bonchev–Trinajstić information content (AvgIpc) is 2.34. The van der Waals surface area contributed by atoms with Crippen LogP contribution in [-0.2, 0) is 15.4 Å². The number of alkyl halides is 4. The standard InChI is InChI=1S/C12H13ClF3NO2/c13-7-9-3-1-2-4-10(9)17-11(18)5-6-19-8-12(14,15)16/h1-4H,5-8H2,(H,17,18). The molecule has 0 saturated heterocycles. The zero-order chi connectivity index (χ0) is 14.3. The second-order valence-corrected chi connectivity index (χ2v) is 4.02. The Morgan fingerprint density at radius 2 is 2.00 bits per heavy atom. The Bertz CT molecular complexity index is 424. The van der Waals surface area contributed by atoms with Gasteiger partial charge in [0.25, 0.3) is 0 Å². The number of ether oxygens (including phenoxy) is 1. The predicted octanol–water partition coefficient (Wildman–Crippen LogP) is 3.33. The molecule has 1 rings (SSSR count). The molecule has 0 radical (unpaired) electrons. The highest BCUT2D eigenvalue weighted by Crippen LogP contribution is 2.17. The maximum atomic E-state index is 11.8. The van der Waals surface area contributed by atoms with Gasteiger partial charge >= 0.3 is 6.18 Å². The van der Waals surface area contributed by atoms with Gasteiger partial charge in [0, 0.05) is 11.6 Å². The van der Waals surface area contributed by atoms with E-state index >= 15 is 0 Å². The molecule has 0 bridgehead atoms. The highest BCUT2D eigenvalue weighted by atomic mass is 35.5. The molecule has 19 heavy (non-hydrogen) atoms. The summed E-state index contributed by atoms with van der Waals surface area (Å²) in [6, 6.07) is 6.93. The molecular weight excluding hydrogens is 283 g/mol. The van der Waals surface area contributed by atoms with Crippen molar-refractivity contribution in [2.75, 3.05) is 18.5 Å². The number of benzene rings is 1. The lowest BCUT2D eigenvalue weighted by Gasteiger charge is -2.10. The molecular formula is C12H13ClF3NO2. The summed E-state index contributed by atoms with van der Waals surface area (Å²) in [5.41, 5.74) is 1.30. The number of halogens is 4. The van der Waals surface area contributed by atoms with E-state index in [0.29, 0.717) is 5.69 Å². The topological polar surface area (TPSA) is 38.3 Å². The molecule has 1 aromatic carbocycles. The first-order valence-corrected chi connectivity index (χ1v) is 6.04. The molecule has 1 amide bonds. The second-order valence-electron chi connectivity index (χ2n) is 3.76. The lowest BCUT2D eigenvalue weighted by atomic mass is 10.2. The Morgan fingerprint density at radius 3 is 2.63 bits per heavy atom. The van der Waals surface area contributed by atoms with Crippen LogP contribution in [0.3, 0.4) is 0 Å². The van der Waals surface area contributed by atoms with Crippen LogP contribution in [0.2, 0.25) is 0 Å². The van der Waals surface area contributed by atoms with Gasteiger partial charge in [0.2, 0.25) is 5.91 Å². The molecule has 3 nitrogen and oxygen atoms in total. The van der Waals surface area contributed by atoms with E-state index in [1.54, 1.807) is 24.3 Å². The first-order chi connectivity index (χ1) is 8.92. The van der Waals surface area contributed by atoms with Gasteiger partial charge in [-0.05, 0) is 11.6 Å². The van der Waals surface area contributed by atoms with E-state index in [1.165, 1.54) is 0 Å². The Hall–Kier alpha value is -1.27. The smallest absolute Gasteiger partial charge is 0.372 e. The molecule has 0 aromatic heterocycles. The van der Waals surface area contributed by atoms with Crippen LogP contribution >= 0.6 is 11.6 Å². The maximum absolute atomic E-state index is 11.8. The van der Waals surface area contributed by atoms with Gasteiger partial charge in [-0.2, -0.15) is 13.2 Å². The summed E-state index contributed by atoms with van der Waals surface area (Å²) < 4.78 is 39.7. The fraction of sp³-hybridized carbons (Fsp3) is 0.417. The Morgan fingerprint density at radius 1 is 1.32 bits per heavy atom. The van der Waals surface area contributed by atoms with Gasteiger partial charge in [-0.3, -0.25) is 4.79 Å². The zero-order valence-electron chi connectivity index (χ0n) is 9.97. The van der Waals surface area contributed by atoms with Crippen LogP contribution in [0.5, 0.6) is 0 Å². The molecule has 1 N–H and O–H groups in total. The molecule has 0 saturated carbocycles. The lowest BCUT2D eigenvalue weighted by Crippen LogP contribution is -2.20. The van der Waals surface area contributed by atoms with Crippen LogP contribution in [0.1, 0.15) is 12.0 Å². The molecule has 0 atom stereocenters. The lowest BCUT2D eigenvalue weighted by molar-refractivity contribution is -0.174. The van der Waals surface area contributed by atoms with Gasteiger partial charge in [-0.15, -0.1) is 11.6 Å². The molecule has 0 spiro atoms. The van der Waals surface area contributed by atoms with E-state index in [0.717, 1.165) is 5.56 Å². The third-order valence-electron chi connectivity index (χ3n) is 2.17. The first-order valence-electron chi connectivity index (χ1n) is 5.50. The number of carbonyl (C=O) groups is 1. The highest BCUT2D eigenvalue weighted by Gasteiger charge is 2.27. The molecule has 0 aliphatic carbocycles. The number of anilines is 1. The van der Waals surface area contributed by atoms with Crippen molar-refractivity contribution >= 4 is 23.2 Å². The predicted molar refractivity (Wildman–Crippen MR) is 66.1 cm³/mol.